The van der Waals surface area contributed by atoms with E-state index in [1.54, 1.807) is 30.7 Å². The Bertz CT molecular complexity index is 1570. The summed E-state index contributed by atoms with van der Waals surface area (Å²) < 4.78 is 0. The SMILES string of the molecule is O=C(CC1CCN(C(=O)c2cccnc2)CC1)Nc1ccc2cc1CCc1cccc(c1)Nc1ncc(Cl)c(n1)N2. The van der Waals surface area contributed by atoms with Gasteiger partial charge >= 0.3 is 0 Å². The summed E-state index contributed by atoms with van der Waals surface area (Å²) >= 11 is 6.39. The minimum Gasteiger partial charge on any atom is -0.339 e. The van der Waals surface area contributed by atoms with Gasteiger partial charge in [-0.05, 0) is 85.2 Å². The van der Waals surface area contributed by atoms with E-state index in [1.807, 2.05) is 35.2 Å². The van der Waals surface area contributed by atoms with Crippen LogP contribution in [0.3, 0.4) is 0 Å². The molecule has 6 bridgehead atoms. The third-order valence-electron chi connectivity index (χ3n) is 7.54. The van der Waals surface area contributed by atoms with Crippen molar-refractivity contribution in [2.75, 3.05) is 29.0 Å². The molecule has 208 valence electrons. The molecule has 0 radical (unpaired) electrons. The van der Waals surface area contributed by atoms with Crippen LogP contribution >= 0.6 is 11.6 Å². The van der Waals surface area contributed by atoms with Gasteiger partial charge in [0, 0.05) is 49.0 Å². The van der Waals surface area contributed by atoms with Gasteiger partial charge in [-0.25, -0.2) is 4.98 Å². The topological polar surface area (TPSA) is 112 Å². The van der Waals surface area contributed by atoms with Crippen LogP contribution in [0.4, 0.5) is 28.8 Å². The molecule has 10 heteroatoms. The van der Waals surface area contributed by atoms with E-state index in [-0.39, 0.29) is 17.7 Å². The van der Waals surface area contributed by atoms with Gasteiger partial charge in [-0.3, -0.25) is 14.6 Å². The van der Waals surface area contributed by atoms with Crippen LogP contribution in [0.15, 0.2) is 73.2 Å². The third kappa shape index (κ3) is 6.47. The van der Waals surface area contributed by atoms with Gasteiger partial charge in [-0.1, -0.05) is 23.7 Å². The molecule has 0 unspecified atom stereocenters. The van der Waals surface area contributed by atoms with Crippen LogP contribution in [-0.2, 0) is 17.6 Å². The summed E-state index contributed by atoms with van der Waals surface area (Å²) in [5.41, 5.74) is 5.28. The Morgan fingerprint density at radius 2 is 1.83 bits per heavy atom. The first kappa shape index (κ1) is 26.7. The van der Waals surface area contributed by atoms with E-state index in [1.165, 1.54) is 0 Å². The lowest BCUT2D eigenvalue weighted by molar-refractivity contribution is -0.117. The van der Waals surface area contributed by atoms with Crippen molar-refractivity contribution in [3.05, 3.63) is 94.9 Å². The van der Waals surface area contributed by atoms with Crippen molar-refractivity contribution in [2.24, 2.45) is 5.92 Å². The summed E-state index contributed by atoms with van der Waals surface area (Å²) in [5, 5.41) is 10.1. The summed E-state index contributed by atoms with van der Waals surface area (Å²) in [6.07, 6.45) is 8.36. The van der Waals surface area contributed by atoms with Crippen LogP contribution < -0.4 is 16.0 Å². The van der Waals surface area contributed by atoms with Crippen molar-refractivity contribution in [3.8, 4) is 0 Å². The van der Waals surface area contributed by atoms with Gasteiger partial charge in [0.05, 0.1) is 11.8 Å². The van der Waals surface area contributed by atoms with Gasteiger partial charge in [-0.2, -0.15) is 4.98 Å². The van der Waals surface area contributed by atoms with Crippen molar-refractivity contribution in [3.63, 3.8) is 0 Å². The molecule has 0 aliphatic carbocycles. The highest BCUT2D eigenvalue weighted by atomic mass is 35.5. The highest BCUT2D eigenvalue weighted by Crippen LogP contribution is 2.30. The lowest BCUT2D eigenvalue weighted by atomic mass is 9.92. The van der Waals surface area contributed by atoms with Crippen molar-refractivity contribution < 1.29 is 9.59 Å². The van der Waals surface area contributed by atoms with E-state index in [4.69, 9.17) is 11.6 Å². The summed E-state index contributed by atoms with van der Waals surface area (Å²) in [4.78, 5) is 40.6. The molecule has 2 aromatic carbocycles. The van der Waals surface area contributed by atoms with Crippen LogP contribution in [0.1, 0.15) is 40.7 Å². The molecule has 3 N–H and O–H groups in total. The molecule has 0 spiro atoms. The Hall–Kier alpha value is -4.50. The number of pyridine rings is 1. The normalized spacial score (nSPS) is 14.9. The molecule has 4 aromatic rings. The number of aryl methyl sites for hydroxylation is 2. The molecule has 0 saturated carbocycles. The molecular formula is C31H30ClN7O2. The van der Waals surface area contributed by atoms with Gasteiger partial charge in [0.15, 0.2) is 5.82 Å². The molecule has 0 atom stereocenters. The van der Waals surface area contributed by atoms with Crippen molar-refractivity contribution in [1.29, 1.82) is 0 Å². The number of anilines is 5. The fourth-order valence-corrected chi connectivity index (χ4v) is 5.48. The van der Waals surface area contributed by atoms with Gasteiger partial charge in [0.2, 0.25) is 11.9 Å². The van der Waals surface area contributed by atoms with E-state index < -0.39 is 0 Å². The number of halogens is 1. The Morgan fingerprint density at radius 1 is 0.976 bits per heavy atom. The lowest BCUT2D eigenvalue weighted by Gasteiger charge is -2.31. The molecule has 6 rings (SSSR count). The number of hydrogen-bond acceptors (Lipinski definition) is 7. The van der Waals surface area contributed by atoms with Gasteiger partial charge in [0.1, 0.15) is 5.02 Å². The average Bonchev–Trinajstić information content (AvgIpc) is 2.99. The third-order valence-corrected chi connectivity index (χ3v) is 7.81. The maximum absolute atomic E-state index is 13.2. The second kappa shape index (κ2) is 11.9. The van der Waals surface area contributed by atoms with E-state index in [9.17, 15) is 9.59 Å². The van der Waals surface area contributed by atoms with Crippen molar-refractivity contribution in [1.82, 2.24) is 19.9 Å². The number of rotatable bonds is 4. The first-order valence-electron chi connectivity index (χ1n) is 13.8. The number of nitrogens with one attached hydrogen (secondary N) is 3. The Kier molecular flexibility index (Phi) is 7.78. The first-order valence-corrected chi connectivity index (χ1v) is 14.2. The zero-order valence-electron chi connectivity index (χ0n) is 22.4. The molecule has 4 heterocycles. The van der Waals surface area contributed by atoms with Gasteiger partial charge in [-0.15, -0.1) is 0 Å². The zero-order valence-corrected chi connectivity index (χ0v) is 23.2. The zero-order chi connectivity index (χ0) is 28.2. The quantitative estimate of drug-likeness (QED) is 0.277. The van der Waals surface area contributed by atoms with Crippen molar-refractivity contribution in [2.45, 2.75) is 32.1 Å². The summed E-state index contributed by atoms with van der Waals surface area (Å²) in [6, 6.07) is 17.6. The van der Waals surface area contributed by atoms with Crippen LogP contribution in [0.5, 0.6) is 0 Å². The minimum atomic E-state index is -0.0170. The predicted octanol–water partition coefficient (Wildman–Crippen LogP) is 5.99. The minimum absolute atomic E-state index is 0.00416. The summed E-state index contributed by atoms with van der Waals surface area (Å²) in [6.45, 7) is 1.27. The van der Waals surface area contributed by atoms with E-state index >= 15 is 0 Å². The maximum atomic E-state index is 13.2. The molecular weight excluding hydrogens is 538 g/mol. The number of amides is 2. The van der Waals surface area contributed by atoms with Gasteiger partial charge < -0.3 is 20.9 Å². The standard InChI is InChI=1S/C31H30ClN7O2/c32-26-19-34-31-36-24-5-1-3-20(15-24)6-7-22-17-25(35-29(26)38-31)8-9-27(22)37-28(40)16-21-10-13-39(14-11-21)30(41)23-4-2-12-33-18-23/h1-5,8-9,12,15,17-19,21H,6-7,10-11,13-14,16H2,(H,37,40)(H2,34,35,36,38). The first-order chi connectivity index (χ1) is 20.0. The number of aromatic nitrogens is 3. The molecule has 2 aliphatic rings. The Labute approximate surface area is 243 Å². The Balaban J connectivity index is 1.14. The highest BCUT2D eigenvalue weighted by molar-refractivity contribution is 6.32. The molecule has 41 heavy (non-hydrogen) atoms. The van der Waals surface area contributed by atoms with Crippen LogP contribution in [-0.4, -0.2) is 44.8 Å². The number of carbonyl (C=O) groups is 2. The fourth-order valence-electron chi connectivity index (χ4n) is 5.34. The number of fused-ring (bicyclic) bond motifs is 6. The lowest BCUT2D eigenvalue weighted by Crippen LogP contribution is -2.39. The van der Waals surface area contributed by atoms with Gasteiger partial charge in [0.25, 0.3) is 5.91 Å². The molecule has 2 aromatic heterocycles. The molecule has 1 saturated heterocycles. The number of likely N-dealkylation sites (tertiary alicyclic amines) is 1. The largest absolute Gasteiger partial charge is 0.339 e. The second-order valence-electron chi connectivity index (χ2n) is 10.4. The van der Waals surface area contributed by atoms with E-state index in [0.717, 1.165) is 53.9 Å². The summed E-state index contributed by atoms with van der Waals surface area (Å²) in [7, 11) is 0. The van der Waals surface area contributed by atoms with Crippen LogP contribution in [0.25, 0.3) is 0 Å². The monoisotopic (exact) mass is 567 g/mol. The number of carbonyl (C=O) groups excluding carboxylic acids is 2. The maximum Gasteiger partial charge on any atom is 0.255 e. The number of hydrogen-bond donors (Lipinski definition) is 3. The molecule has 2 aliphatic heterocycles. The smallest absolute Gasteiger partial charge is 0.255 e. The predicted molar refractivity (Wildman–Crippen MR) is 160 cm³/mol. The molecule has 9 nitrogen and oxygen atoms in total. The van der Waals surface area contributed by atoms with Crippen LogP contribution in [0, 0.1) is 5.92 Å². The number of nitrogens with zero attached hydrogens (tertiary/aromatic N) is 4. The van der Waals surface area contributed by atoms with Crippen molar-refractivity contribution >= 4 is 52.2 Å². The van der Waals surface area contributed by atoms with Crippen LogP contribution in [0.2, 0.25) is 5.02 Å². The molecule has 1 fully saturated rings. The highest BCUT2D eigenvalue weighted by Gasteiger charge is 2.25. The molecule has 2 amide bonds. The van der Waals surface area contributed by atoms with E-state index in [0.29, 0.717) is 41.9 Å². The summed E-state index contributed by atoms with van der Waals surface area (Å²) in [5.74, 6) is 1.15. The average molecular weight is 568 g/mol. The number of piperidine rings is 1. The van der Waals surface area contributed by atoms with E-state index in [2.05, 4.69) is 43.0 Å². The number of benzene rings is 2. The fraction of sp³-hybridized carbons (Fsp3) is 0.258. The Morgan fingerprint density at radius 3 is 2.66 bits per heavy atom. The second-order valence-corrected chi connectivity index (χ2v) is 10.8.